The van der Waals surface area contributed by atoms with Gasteiger partial charge in [-0.3, -0.25) is 0 Å². The summed E-state index contributed by atoms with van der Waals surface area (Å²) in [6.07, 6.45) is 0. The van der Waals surface area contributed by atoms with Crippen molar-refractivity contribution in [2.75, 3.05) is 19.0 Å². The second-order valence-corrected chi connectivity index (χ2v) is 5.22. The van der Waals surface area contributed by atoms with E-state index in [1.165, 1.54) is 0 Å². The molecule has 0 N–H and O–H groups in total. The summed E-state index contributed by atoms with van der Waals surface area (Å²) in [5.41, 5.74) is 0. The number of hydrogen-bond donors (Lipinski definition) is 0. The Kier molecular flexibility index (Phi) is 4.18. The molecule has 1 heterocycles. The summed E-state index contributed by atoms with van der Waals surface area (Å²) in [7, 11) is 3.64. The first-order valence-corrected chi connectivity index (χ1v) is 6.52. The zero-order valence-corrected chi connectivity index (χ0v) is 12.7. The van der Waals surface area contributed by atoms with Gasteiger partial charge in [0.2, 0.25) is 11.2 Å². The molecule has 18 heavy (non-hydrogen) atoms. The van der Waals surface area contributed by atoms with E-state index >= 15 is 0 Å². The van der Waals surface area contributed by atoms with Crippen molar-refractivity contribution < 1.29 is 4.74 Å². The molecule has 0 saturated heterocycles. The summed E-state index contributed by atoms with van der Waals surface area (Å²) in [5, 5.41) is 0.106. The molecule has 0 amide bonds. The third kappa shape index (κ3) is 3.42. The molecule has 0 saturated carbocycles. The first kappa shape index (κ1) is 13.3. The fourth-order valence-corrected chi connectivity index (χ4v) is 1.68. The molecule has 5 nitrogen and oxygen atoms in total. The minimum Gasteiger partial charge on any atom is -0.424 e. The third-order valence-corrected chi connectivity index (χ3v) is 2.89. The molecule has 0 bridgehead atoms. The van der Waals surface area contributed by atoms with Crippen LogP contribution < -0.4 is 9.64 Å². The van der Waals surface area contributed by atoms with Crippen LogP contribution in [-0.2, 0) is 0 Å². The third-order valence-electron chi connectivity index (χ3n) is 2.00. The Morgan fingerprint density at radius 2 is 1.78 bits per heavy atom. The Balaban J connectivity index is 2.26. The quantitative estimate of drug-likeness (QED) is 0.771. The first-order chi connectivity index (χ1) is 8.54. The van der Waals surface area contributed by atoms with E-state index in [0.29, 0.717) is 11.7 Å². The molecule has 0 fully saturated rings. The highest BCUT2D eigenvalue weighted by Crippen LogP contribution is 2.21. The maximum absolute atomic E-state index is 5.82. The van der Waals surface area contributed by atoms with Crippen molar-refractivity contribution in [1.82, 2.24) is 15.0 Å². The van der Waals surface area contributed by atoms with Gasteiger partial charge in [0.25, 0.3) is 0 Å². The van der Waals surface area contributed by atoms with Crippen molar-refractivity contribution in [2.45, 2.75) is 0 Å². The number of nitrogens with zero attached hydrogens (tertiary/aromatic N) is 4. The molecule has 1 aromatic carbocycles. The number of anilines is 1. The summed E-state index contributed by atoms with van der Waals surface area (Å²) in [4.78, 5) is 13.8. The second kappa shape index (κ2) is 5.66. The lowest BCUT2D eigenvalue weighted by atomic mass is 10.3. The molecular weight excluding hydrogens is 367 g/mol. The van der Waals surface area contributed by atoms with Gasteiger partial charge < -0.3 is 9.64 Å². The van der Waals surface area contributed by atoms with E-state index in [1.54, 1.807) is 4.90 Å². The van der Waals surface area contributed by atoms with Gasteiger partial charge in [0, 0.05) is 17.7 Å². The molecule has 0 aliphatic heterocycles. The van der Waals surface area contributed by atoms with Gasteiger partial charge in [0.05, 0.1) is 0 Å². The molecule has 0 aliphatic rings. The smallest absolute Gasteiger partial charge is 0.328 e. The van der Waals surface area contributed by atoms with Crippen molar-refractivity contribution in [3.63, 3.8) is 0 Å². The molecule has 0 unspecified atom stereocenters. The summed E-state index contributed by atoms with van der Waals surface area (Å²) in [5.74, 6) is 1.11. The van der Waals surface area contributed by atoms with Gasteiger partial charge in [-0.2, -0.15) is 15.0 Å². The maximum atomic E-state index is 5.82. The van der Waals surface area contributed by atoms with E-state index in [1.807, 2.05) is 38.4 Å². The number of hydrogen-bond acceptors (Lipinski definition) is 5. The highest BCUT2D eigenvalue weighted by molar-refractivity contribution is 14.1. The van der Waals surface area contributed by atoms with Crippen LogP contribution >= 0.6 is 34.2 Å². The van der Waals surface area contributed by atoms with Crippen molar-refractivity contribution >= 4 is 40.1 Å². The maximum Gasteiger partial charge on any atom is 0.328 e. The fraction of sp³-hybridized carbons (Fsp3) is 0.182. The average molecular weight is 377 g/mol. The van der Waals surface area contributed by atoms with E-state index in [0.717, 1.165) is 3.57 Å². The number of aromatic nitrogens is 3. The number of ether oxygens (including phenoxy) is 1. The predicted molar refractivity (Wildman–Crippen MR) is 78.4 cm³/mol. The topological polar surface area (TPSA) is 51.1 Å². The van der Waals surface area contributed by atoms with Crippen molar-refractivity contribution in [3.05, 3.63) is 33.1 Å². The lowest BCUT2D eigenvalue weighted by Gasteiger charge is -2.11. The molecule has 2 aromatic rings. The highest BCUT2D eigenvalue weighted by atomic mass is 127. The Morgan fingerprint density at radius 3 is 2.39 bits per heavy atom. The van der Waals surface area contributed by atoms with E-state index in [-0.39, 0.29) is 11.3 Å². The Bertz CT molecular complexity index is 547. The van der Waals surface area contributed by atoms with Crippen LogP contribution in [0.4, 0.5) is 5.95 Å². The molecule has 1 aromatic heterocycles. The SMILES string of the molecule is CN(C)c1nc(Cl)nc(Oc2ccc(I)cc2)n1. The highest BCUT2D eigenvalue weighted by Gasteiger charge is 2.08. The molecule has 0 radical (unpaired) electrons. The summed E-state index contributed by atoms with van der Waals surface area (Å²) < 4.78 is 6.66. The molecular formula is C11H10ClIN4O. The molecule has 0 spiro atoms. The normalized spacial score (nSPS) is 10.2. The van der Waals surface area contributed by atoms with Crippen LogP contribution in [0.15, 0.2) is 24.3 Å². The van der Waals surface area contributed by atoms with E-state index in [9.17, 15) is 0 Å². The minimum absolute atomic E-state index is 0.106. The first-order valence-electron chi connectivity index (χ1n) is 5.07. The van der Waals surface area contributed by atoms with Crippen LogP contribution in [0.5, 0.6) is 11.8 Å². The van der Waals surface area contributed by atoms with Gasteiger partial charge in [-0.1, -0.05) is 0 Å². The summed E-state index contributed by atoms with van der Waals surface area (Å²) in [6, 6.07) is 7.74. The molecule has 94 valence electrons. The monoisotopic (exact) mass is 376 g/mol. The Labute approximate surface area is 123 Å². The van der Waals surface area contributed by atoms with Crippen LogP contribution in [0.25, 0.3) is 0 Å². The van der Waals surface area contributed by atoms with Gasteiger partial charge in [-0.25, -0.2) is 0 Å². The van der Waals surface area contributed by atoms with E-state index in [4.69, 9.17) is 16.3 Å². The zero-order valence-electron chi connectivity index (χ0n) is 9.76. The van der Waals surface area contributed by atoms with Crippen LogP contribution in [0.3, 0.4) is 0 Å². The zero-order chi connectivity index (χ0) is 13.1. The van der Waals surface area contributed by atoms with Crippen molar-refractivity contribution in [1.29, 1.82) is 0 Å². The molecule has 0 atom stereocenters. The van der Waals surface area contributed by atoms with E-state index in [2.05, 4.69) is 37.5 Å². The van der Waals surface area contributed by atoms with E-state index < -0.39 is 0 Å². The van der Waals surface area contributed by atoms with Gasteiger partial charge in [-0.15, -0.1) is 0 Å². The standard InChI is InChI=1S/C11H10ClIN4O/c1-17(2)10-14-9(12)15-11(16-10)18-8-5-3-7(13)4-6-8/h3-6H,1-2H3. The van der Waals surface area contributed by atoms with Crippen LogP contribution in [0.2, 0.25) is 5.28 Å². The lowest BCUT2D eigenvalue weighted by molar-refractivity contribution is 0.439. The molecule has 7 heteroatoms. The molecule has 2 rings (SSSR count). The number of rotatable bonds is 3. The second-order valence-electron chi connectivity index (χ2n) is 3.64. The van der Waals surface area contributed by atoms with Gasteiger partial charge in [-0.05, 0) is 58.5 Å². The van der Waals surface area contributed by atoms with Gasteiger partial charge in [0.1, 0.15) is 5.75 Å². The summed E-state index contributed by atoms with van der Waals surface area (Å²) >= 11 is 8.04. The molecule has 0 aliphatic carbocycles. The predicted octanol–water partition coefficient (Wildman–Crippen LogP) is 2.99. The summed E-state index contributed by atoms with van der Waals surface area (Å²) in [6.45, 7) is 0. The van der Waals surface area contributed by atoms with Crippen molar-refractivity contribution in [3.8, 4) is 11.8 Å². The van der Waals surface area contributed by atoms with Crippen LogP contribution in [0.1, 0.15) is 0 Å². The van der Waals surface area contributed by atoms with Crippen LogP contribution in [-0.4, -0.2) is 29.0 Å². The van der Waals surface area contributed by atoms with Crippen molar-refractivity contribution in [2.24, 2.45) is 0 Å². The lowest BCUT2D eigenvalue weighted by Crippen LogP contribution is -2.13. The fourth-order valence-electron chi connectivity index (χ4n) is 1.18. The number of halogens is 2. The van der Waals surface area contributed by atoms with Gasteiger partial charge >= 0.3 is 6.01 Å². The van der Waals surface area contributed by atoms with Gasteiger partial charge in [0.15, 0.2) is 0 Å². The largest absolute Gasteiger partial charge is 0.424 e. The number of benzene rings is 1. The van der Waals surface area contributed by atoms with Crippen LogP contribution in [0, 0.1) is 3.57 Å². The average Bonchev–Trinajstić information content (AvgIpc) is 2.31. The minimum atomic E-state index is 0.106. The Hall–Kier alpha value is -1.15. The Morgan fingerprint density at radius 1 is 1.11 bits per heavy atom.